The van der Waals surface area contributed by atoms with Gasteiger partial charge in [0.05, 0.1) is 0 Å². The van der Waals surface area contributed by atoms with Gasteiger partial charge < -0.3 is 5.73 Å². The van der Waals surface area contributed by atoms with E-state index in [0.29, 0.717) is 11.8 Å². The predicted octanol–water partition coefficient (Wildman–Crippen LogP) is 4.34. The Kier molecular flexibility index (Phi) is 3.62. The number of benzene rings is 2. The van der Waals surface area contributed by atoms with Crippen LogP contribution in [0.3, 0.4) is 0 Å². The van der Waals surface area contributed by atoms with Crippen molar-refractivity contribution in [3.05, 3.63) is 71.8 Å². The van der Waals surface area contributed by atoms with Gasteiger partial charge in [-0.15, -0.1) is 0 Å². The molecule has 2 N–H and O–H groups in total. The first kappa shape index (κ1) is 13.4. The molecule has 20 heavy (non-hydrogen) atoms. The van der Waals surface area contributed by atoms with E-state index in [1.54, 1.807) is 0 Å². The number of hydrogen-bond donors (Lipinski definition) is 1. The largest absolute Gasteiger partial charge is 0.324 e. The molecule has 1 fully saturated rings. The minimum absolute atomic E-state index is 0.0568. The van der Waals surface area contributed by atoms with E-state index in [1.165, 1.54) is 24.0 Å². The van der Waals surface area contributed by atoms with Crippen LogP contribution in [-0.4, -0.2) is 5.54 Å². The first-order valence-corrected chi connectivity index (χ1v) is 7.64. The van der Waals surface area contributed by atoms with E-state index in [-0.39, 0.29) is 5.54 Å². The topological polar surface area (TPSA) is 26.0 Å². The number of nitrogens with two attached hydrogens (primary N) is 1. The van der Waals surface area contributed by atoms with Crippen molar-refractivity contribution in [3.63, 3.8) is 0 Å². The Labute approximate surface area is 121 Å². The lowest BCUT2D eigenvalue weighted by molar-refractivity contribution is 0.506. The summed E-state index contributed by atoms with van der Waals surface area (Å²) in [6.07, 6.45) is 3.61. The molecule has 0 bridgehead atoms. The van der Waals surface area contributed by atoms with E-state index < -0.39 is 0 Å². The SMILES string of the molecule is CCCC1CC1(N)C(c1ccccc1)c1ccccc1. The maximum atomic E-state index is 6.79. The van der Waals surface area contributed by atoms with Crippen molar-refractivity contribution in [3.8, 4) is 0 Å². The first-order chi connectivity index (χ1) is 9.75. The molecule has 0 radical (unpaired) electrons. The van der Waals surface area contributed by atoms with Crippen LogP contribution in [0.1, 0.15) is 43.2 Å². The summed E-state index contributed by atoms with van der Waals surface area (Å²) < 4.78 is 0. The summed E-state index contributed by atoms with van der Waals surface area (Å²) in [5.74, 6) is 0.986. The lowest BCUT2D eigenvalue weighted by atomic mass is 9.82. The minimum Gasteiger partial charge on any atom is -0.324 e. The molecular formula is C19H23N. The molecular weight excluding hydrogens is 242 g/mol. The minimum atomic E-state index is -0.0568. The van der Waals surface area contributed by atoms with Crippen molar-refractivity contribution >= 4 is 0 Å². The van der Waals surface area contributed by atoms with Crippen molar-refractivity contribution in [2.75, 3.05) is 0 Å². The summed E-state index contributed by atoms with van der Waals surface area (Å²) in [4.78, 5) is 0. The molecule has 1 saturated carbocycles. The Morgan fingerprint density at radius 3 is 1.95 bits per heavy atom. The van der Waals surface area contributed by atoms with Gasteiger partial charge in [-0.2, -0.15) is 0 Å². The van der Waals surface area contributed by atoms with Crippen molar-refractivity contribution in [2.24, 2.45) is 11.7 Å². The van der Waals surface area contributed by atoms with Crippen LogP contribution in [0.2, 0.25) is 0 Å². The monoisotopic (exact) mass is 265 g/mol. The van der Waals surface area contributed by atoms with Gasteiger partial charge in [0, 0.05) is 11.5 Å². The van der Waals surface area contributed by atoms with Crippen LogP contribution in [0.5, 0.6) is 0 Å². The summed E-state index contributed by atoms with van der Waals surface area (Å²) in [6.45, 7) is 2.25. The van der Waals surface area contributed by atoms with Gasteiger partial charge in [-0.05, 0) is 29.9 Å². The van der Waals surface area contributed by atoms with Gasteiger partial charge in [0.1, 0.15) is 0 Å². The molecule has 0 amide bonds. The van der Waals surface area contributed by atoms with Gasteiger partial charge in [-0.1, -0.05) is 74.0 Å². The quantitative estimate of drug-likeness (QED) is 0.855. The Morgan fingerprint density at radius 1 is 1.00 bits per heavy atom. The first-order valence-electron chi connectivity index (χ1n) is 7.64. The summed E-state index contributed by atoms with van der Waals surface area (Å²) >= 11 is 0. The third kappa shape index (κ3) is 2.38. The van der Waals surface area contributed by atoms with Gasteiger partial charge >= 0.3 is 0 Å². The smallest absolute Gasteiger partial charge is 0.0297 e. The zero-order valence-corrected chi connectivity index (χ0v) is 12.1. The highest BCUT2D eigenvalue weighted by Gasteiger charge is 2.55. The molecule has 1 aliphatic rings. The molecule has 3 rings (SSSR count). The molecule has 0 aliphatic heterocycles. The summed E-state index contributed by atoms with van der Waals surface area (Å²) in [6, 6.07) is 21.5. The lowest BCUT2D eigenvalue weighted by Gasteiger charge is -2.26. The predicted molar refractivity (Wildman–Crippen MR) is 84.7 cm³/mol. The lowest BCUT2D eigenvalue weighted by Crippen LogP contribution is -2.34. The van der Waals surface area contributed by atoms with Crippen LogP contribution in [-0.2, 0) is 0 Å². The third-order valence-electron chi connectivity index (χ3n) is 4.64. The molecule has 1 heteroatoms. The molecule has 2 unspecified atom stereocenters. The number of rotatable bonds is 5. The zero-order valence-electron chi connectivity index (χ0n) is 12.1. The second-order valence-electron chi connectivity index (χ2n) is 6.06. The summed E-state index contributed by atoms with van der Waals surface area (Å²) in [5.41, 5.74) is 9.42. The molecule has 2 atom stereocenters. The fourth-order valence-corrected chi connectivity index (χ4v) is 3.54. The van der Waals surface area contributed by atoms with Crippen LogP contribution < -0.4 is 5.73 Å². The van der Waals surface area contributed by atoms with Crippen molar-refractivity contribution in [1.82, 2.24) is 0 Å². The maximum Gasteiger partial charge on any atom is 0.0297 e. The Bertz CT molecular complexity index is 509. The molecule has 1 aliphatic carbocycles. The van der Waals surface area contributed by atoms with Crippen LogP contribution in [0.15, 0.2) is 60.7 Å². The van der Waals surface area contributed by atoms with Gasteiger partial charge in [-0.25, -0.2) is 0 Å². The van der Waals surface area contributed by atoms with Gasteiger partial charge in [0.2, 0.25) is 0 Å². The second kappa shape index (κ2) is 5.41. The zero-order chi connectivity index (χ0) is 14.0. The molecule has 0 spiro atoms. The Hall–Kier alpha value is -1.60. The Morgan fingerprint density at radius 2 is 1.50 bits per heavy atom. The van der Waals surface area contributed by atoms with Crippen LogP contribution in [0.4, 0.5) is 0 Å². The third-order valence-corrected chi connectivity index (χ3v) is 4.64. The fraction of sp³-hybridized carbons (Fsp3) is 0.368. The molecule has 2 aromatic rings. The fourth-order valence-electron chi connectivity index (χ4n) is 3.54. The van der Waals surface area contributed by atoms with Crippen molar-refractivity contribution in [2.45, 2.75) is 37.6 Å². The number of hydrogen-bond acceptors (Lipinski definition) is 1. The van der Waals surface area contributed by atoms with Crippen molar-refractivity contribution < 1.29 is 0 Å². The standard InChI is InChI=1S/C19H23N/c1-2-9-17-14-19(17,20)18(15-10-5-3-6-11-15)16-12-7-4-8-13-16/h3-8,10-13,17-18H,2,9,14,20H2,1H3. The highest BCUT2D eigenvalue weighted by molar-refractivity contribution is 5.40. The van der Waals surface area contributed by atoms with Gasteiger partial charge in [0.25, 0.3) is 0 Å². The molecule has 1 nitrogen and oxygen atoms in total. The van der Waals surface area contributed by atoms with Crippen LogP contribution >= 0.6 is 0 Å². The van der Waals surface area contributed by atoms with Crippen molar-refractivity contribution in [1.29, 1.82) is 0 Å². The average molecular weight is 265 g/mol. The van der Waals surface area contributed by atoms with E-state index in [4.69, 9.17) is 5.73 Å². The van der Waals surface area contributed by atoms with E-state index in [2.05, 4.69) is 67.6 Å². The van der Waals surface area contributed by atoms with Gasteiger partial charge in [0.15, 0.2) is 0 Å². The Balaban J connectivity index is 1.98. The second-order valence-corrected chi connectivity index (χ2v) is 6.06. The molecule has 0 aromatic heterocycles. The highest BCUT2D eigenvalue weighted by atomic mass is 14.9. The van der Waals surface area contributed by atoms with Gasteiger partial charge in [-0.3, -0.25) is 0 Å². The summed E-state index contributed by atoms with van der Waals surface area (Å²) in [5, 5.41) is 0. The van der Waals surface area contributed by atoms with Crippen LogP contribution in [0, 0.1) is 5.92 Å². The molecule has 104 valence electrons. The average Bonchev–Trinajstić information content (AvgIpc) is 3.12. The highest BCUT2D eigenvalue weighted by Crippen LogP contribution is 2.55. The molecule has 0 heterocycles. The van der Waals surface area contributed by atoms with E-state index in [0.717, 1.165) is 6.42 Å². The van der Waals surface area contributed by atoms with E-state index in [1.807, 2.05) is 0 Å². The summed E-state index contributed by atoms with van der Waals surface area (Å²) in [7, 11) is 0. The maximum absolute atomic E-state index is 6.79. The van der Waals surface area contributed by atoms with E-state index >= 15 is 0 Å². The van der Waals surface area contributed by atoms with E-state index in [9.17, 15) is 0 Å². The van der Waals surface area contributed by atoms with Crippen LogP contribution in [0.25, 0.3) is 0 Å². The molecule has 2 aromatic carbocycles. The molecule has 0 saturated heterocycles. The normalized spacial score (nSPS) is 24.9.